The van der Waals surface area contributed by atoms with Gasteiger partial charge in [-0.05, 0) is 18.2 Å². The first-order chi connectivity index (χ1) is 9.56. The number of nitrogens with one attached hydrogen (secondary N) is 1. The second kappa shape index (κ2) is 5.53. The van der Waals surface area contributed by atoms with Gasteiger partial charge in [-0.3, -0.25) is 9.69 Å². The van der Waals surface area contributed by atoms with E-state index in [0.29, 0.717) is 22.3 Å². The van der Waals surface area contributed by atoms with Crippen molar-refractivity contribution in [3.63, 3.8) is 0 Å². The summed E-state index contributed by atoms with van der Waals surface area (Å²) >= 11 is 11.9. The summed E-state index contributed by atoms with van der Waals surface area (Å²) in [6.07, 6.45) is 0. The van der Waals surface area contributed by atoms with Gasteiger partial charge in [0.25, 0.3) is 5.91 Å². The Balaban J connectivity index is 1.64. The molecule has 1 N–H and O–H groups in total. The molecule has 1 aromatic carbocycles. The van der Waals surface area contributed by atoms with Gasteiger partial charge in [-0.2, -0.15) is 0 Å². The predicted molar refractivity (Wildman–Crippen MR) is 81.3 cm³/mol. The van der Waals surface area contributed by atoms with Crippen molar-refractivity contribution in [2.24, 2.45) is 0 Å². The van der Waals surface area contributed by atoms with E-state index in [4.69, 9.17) is 23.2 Å². The summed E-state index contributed by atoms with van der Waals surface area (Å²) in [6, 6.07) is 5.12. The molecular weight excluding hydrogens is 297 g/mol. The van der Waals surface area contributed by atoms with Crippen LogP contribution in [0.15, 0.2) is 18.2 Å². The third-order valence-corrected chi connectivity index (χ3v) is 4.90. The number of amides is 1. The highest BCUT2D eigenvalue weighted by Gasteiger charge is 2.39. The van der Waals surface area contributed by atoms with Crippen LogP contribution in [0.5, 0.6) is 0 Å². The number of hydrogen-bond donors (Lipinski definition) is 1. The van der Waals surface area contributed by atoms with E-state index in [1.165, 1.54) is 0 Å². The molecule has 0 saturated carbocycles. The molecular formula is C14H18Cl2N3O+. The number of quaternary nitrogens is 1. The van der Waals surface area contributed by atoms with Crippen LogP contribution >= 0.6 is 23.2 Å². The number of nitrogens with zero attached hydrogens (tertiary/aromatic N) is 2. The number of halogens is 2. The molecule has 0 spiro atoms. The molecule has 6 heteroatoms. The number of rotatable bonds is 3. The summed E-state index contributed by atoms with van der Waals surface area (Å²) < 4.78 is 0.910. The average molecular weight is 315 g/mol. The van der Waals surface area contributed by atoms with Crippen molar-refractivity contribution in [1.29, 1.82) is 0 Å². The molecule has 0 radical (unpaired) electrons. The molecule has 2 bridgehead atoms. The van der Waals surface area contributed by atoms with Crippen LogP contribution in [-0.2, 0) is 4.79 Å². The number of anilines is 1. The molecule has 108 valence electrons. The molecule has 1 amide bonds. The lowest BCUT2D eigenvalue weighted by Crippen LogP contribution is -2.68. The second-order valence-electron chi connectivity index (χ2n) is 5.68. The molecule has 0 aromatic heterocycles. The lowest BCUT2D eigenvalue weighted by Gasteiger charge is -2.50. The Labute approximate surface area is 128 Å². The fourth-order valence-electron chi connectivity index (χ4n) is 3.05. The van der Waals surface area contributed by atoms with Gasteiger partial charge in [-0.25, -0.2) is 0 Å². The van der Waals surface area contributed by atoms with Gasteiger partial charge >= 0.3 is 0 Å². The summed E-state index contributed by atoms with van der Waals surface area (Å²) in [4.78, 5) is 14.7. The molecule has 3 heterocycles. The van der Waals surface area contributed by atoms with Crippen LogP contribution in [0.1, 0.15) is 0 Å². The molecule has 3 saturated heterocycles. The first-order valence-corrected chi connectivity index (χ1v) is 7.64. The summed E-state index contributed by atoms with van der Waals surface area (Å²) in [5.41, 5.74) is 0.634. The van der Waals surface area contributed by atoms with E-state index in [2.05, 4.69) is 10.2 Å². The molecule has 3 aliphatic rings. The summed E-state index contributed by atoms with van der Waals surface area (Å²) in [5.74, 6) is 0.0320. The van der Waals surface area contributed by atoms with Crippen LogP contribution in [-0.4, -0.2) is 61.1 Å². The van der Waals surface area contributed by atoms with Crippen LogP contribution in [0.2, 0.25) is 10.0 Å². The Morgan fingerprint density at radius 3 is 2.45 bits per heavy atom. The Morgan fingerprint density at radius 1 is 1.20 bits per heavy atom. The van der Waals surface area contributed by atoms with E-state index in [9.17, 15) is 4.79 Å². The lowest BCUT2D eigenvalue weighted by atomic mass is 10.1. The van der Waals surface area contributed by atoms with Crippen LogP contribution in [0, 0.1) is 0 Å². The first kappa shape index (κ1) is 14.1. The van der Waals surface area contributed by atoms with Gasteiger partial charge in [0.2, 0.25) is 0 Å². The van der Waals surface area contributed by atoms with E-state index in [1.807, 2.05) is 0 Å². The van der Waals surface area contributed by atoms with Crippen molar-refractivity contribution in [3.05, 3.63) is 28.2 Å². The van der Waals surface area contributed by atoms with Crippen molar-refractivity contribution in [2.75, 3.05) is 51.1 Å². The van der Waals surface area contributed by atoms with Crippen molar-refractivity contribution in [2.45, 2.75) is 0 Å². The van der Waals surface area contributed by atoms with Crippen LogP contribution in [0.25, 0.3) is 0 Å². The molecule has 0 unspecified atom stereocenters. The Bertz CT molecular complexity index is 513. The smallest absolute Gasteiger partial charge is 0.279 e. The SMILES string of the molecule is O=C(C[N+]12CCN(CC1)CC2)Nc1ccc(Cl)cc1Cl. The van der Waals surface area contributed by atoms with Gasteiger partial charge in [0.15, 0.2) is 6.54 Å². The van der Waals surface area contributed by atoms with Crippen molar-refractivity contribution in [3.8, 4) is 0 Å². The summed E-state index contributed by atoms with van der Waals surface area (Å²) in [7, 11) is 0. The van der Waals surface area contributed by atoms with Crippen LogP contribution in [0.4, 0.5) is 5.69 Å². The van der Waals surface area contributed by atoms with Crippen molar-refractivity contribution < 1.29 is 9.28 Å². The maximum Gasteiger partial charge on any atom is 0.279 e. The minimum absolute atomic E-state index is 0.0320. The Kier molecular flexibility index (Phi) is 3.91. The number of carbonyl (C=O) groups excluding carboxylic acids is 1. The average Bonchev–Trinajstić information content (AvgIpc) is 2.43. The summed E-state index contributed by atoms with van der Waals surface area (Å²) in [5, 5.41) is 3.95. The van der Waals surface area contributed by atoms with Gasteiger partial charge in [-0.1, -0.05) is 23.2 Å². The molecule has 4 nitrogen and oxygen atoms in total. The highest BCUT2D eigenvalue weighted by molar-refractivity contribution is 6.36. The van der Waals surface area contributed by atoms with Gasteiger partial charge in [-0.15, -0.1) is 0 Å². The normalized spacial score (nSPS) is 28.4. The van der Waals surface area contributed by atoms with Crippen LogP contribution < -0.4 is 5.32 Å². The van der Waals surface area contributed by atoms with Crippen molar-refractivity contribution in [1.82, 2.24) is 4.90 Å². The Hall–Kier alpha value is -0.810. The first-order valence-electron chi connectivity index (χ1n) is 6.89. The molecule has 3 fully saturated rings. The van der Waals surface area contributed by atoms with E-state index < -0.39 is 0 Å². The third-order valence-electron chi connectivity index (χ3n) is 4.36. The lowest BCUT2D eigenvalue weighted by molar-refractivity contribution is -0.933. The maximum atomic E-state index is 12.3. The second-order valence-corrected chi connectivity index (χ2v) is 6.53. The number of carbonyl (C=O) groups is 1. The van der Waals surface area contributed by atoms with Gasteiger partial charge in [0, 0.05) is 24.7 Å². The minimum atomic E-state index is 0.0320. The highest BCUT2D eigenvalue weighted by Crippen LogP contribution is 2.26. The molecule has 3 aliphatic heterocycles. The van der Waals surface area contributed by atoms with E-state index in [0.717, 1.165) is 43.8 Å². The molecule has 4 rings (SSSR count). The topological polar surface area (TPSA) is 32.3 Å². The monoisotopic (exact) mass is 314 g/mol. The minimum Gasteiger partial charge on any atom is -0.320 e. The van der Waals surface area contributed by atoms with Crippen LogP contribution in [0.3, 0.4) is 0 Å². The molecule has 20 heavy (non-hydrogen) atoms. The number of hydrogen-bond acceptors (Lipinski definition) is 2. The van der Waals surface area contributed by atoms with Crippen molar-refractivity contribution >= 4 is 34.8 Å². The van der Waals surface area contributed by atoms with Gasteiger partial charge in [0.05, 0.1) is 30.3 Å². The largest absolute Gasteiger partial charge is 0.320 e. The molecule has 1 aromatic rings. The van der Waals surface area contributed by atoms with E-state index in [-0.39, 0.29) is 5.91 Å². The quantitative estimate of drug-likeness (QED) is 0.866. The van der Waals surface area contributed by atoms with E-state index >= 15 is 0 Å². The maximum absolute atomic E-state index is 12.3. The van der Waals surface area contributed by atoms with E-state index in [1.54, 1.807) is 18.2 Å². The number of benzene rings is 1. The highest BCUT2D eigenvalue weighted by atomic mass is 35.5. The standard InChI is InChI=1S/C14H17Cl2N3O/c15-11-1-2-13(12(16)9-11)17-14(20)10-19-6-3-18(4-7-19)5-8-19/h1-2,9H,3-8,10H2/p+1. The molecule has 0 aliphatic carbocycles. The predicted octanol–water partition coefficient (Wildman–Crippen LogP) is 2.08. The summed E-state index contributed by atoms with van der Waals surface area (Å²) in [6.45, 7) is 7.07. The van der Waals surface area contributed by atoms with Gasteiger partial charge < -0.3 is 9.80 Å². The fourth-order valence-corrected chi connectivity index (χ4v) is 3.51. The molecule has 0 atom stereocenters. The number of piperazine rings is 3. The zero-order chi connectivity index (χ0) is 14.2. The Morgan fingerprint density at radius 2 is 1.85 bits per heavy atom. The van der Waals surface area contributed by atoms with Gasteiger partial charge in [0.1, 0.15) is 0 Å². The third kappa shape index (κ3) is 2.93. The number of fused-ring (bicyclic) bond motifs is 3. The zero-order valence-electron chi connectivity index (χ0n) is 11.2. The fraction of sp³-hybridized carbons (Fsp3) is 0.500. The zero-order valence-corrected chi connectivity index (χ0v) is 12.8.